The summed E-state index contributed by atoms with van der Waals surface area (Å²) in [5.41, 5.74) is 2.96. The second-order valence-electron chi connectivity index (χ2n) is 5.70. The van der Waals surface area contributed by atoms with E-state index < -0.39 is 0 Å². The molecule has 0 saturated heterocycles. The summed E-state index contributed by atoms with van der Waals surface area (Å²) in [5.74, 6) is 6.24. The molecular weight excluding hydrogens is 340 g/mol. The molecule has 6 heteroatoms. The van der Waals surface area contributed by atoms with Gasteiger partial charge < -0.3 is 15.3 Å². The summed E-state index contributed by atoms with van der Waals surface area (Å²) in [7, 11) is 0. The molecule has 3 aromatic carbocycles. The molecule has 0 bridgehead atoms. The lowest BCUT2D eigenvalue weighted by atomic mass is 10.2. The van der Waals surface area contributed by atoms with Crippen molar-refractivity contribution in [1.29, 1.82) is 0 Å². The maximum Gasteiger partial charge on any atom is 0.162 e. The first-order valence-electron chi connectivity index (χ1n) is 8.46. The van der Waals surface area contributed by atoms with Crippen molar-refractivity contribution in [2.24, 2.45) is 21.4 Å². The van der Waals surface area contributed by atoms with E-state index in [2.05, 4.69) is 15.5 Å². The van der Waals surface area contributed by atoms with Crippen LogP contribution in [0, 0.1) is 0 Å². The van der Waals surface area contributed by atoms with Crippen molar-refractivity contribution in [1.82, 2.24) is 0 Å². The van der Waals surface area contributed by atoms with Crippen LogP contribution in [0.5, 0.6) is 11.5 Å². The van der Waals surface area contributed by atoms with E-state index in [-0.39, 0.29) is 0 Å². The largest absolute Gasteiger partial charge is 0.485 e. The van der Waals surface area contributed by atoms with Crippen molar-refractivity contribution >= 4 is 6.21 Å². The summed E-state index contributed by atoms with van der Waals surface area (Å²) >= 11 is 0. The number of ether oxygens (including phenoxy) is 2. The third kappa shape index (κ3) is 5.67. The number of rotatable bonds is 8. The first kappa shape index (κ1) is 18.1. The Hall–Kier alpha value is -3.67. The van der Waals surface area contributed by atoms with Gasteiger partial charge in [-0.15, -0.1) is 5.10 Å². The highest BCUT2D eigenvalue weighted by atomic mass is 16.5. The van der Waals surface area contributed by atoms with Crippen LogP contribution in [0.15, 0.2) is 94.4 Å². The normalized spacial score (nSPS) is 11.1. The Balaban J connectivity index is 1.77. The van der Waals surface area contributed by atoms with Crippen LogP contribution in [0.25, 0.3) is 0 Å². The van der Waals surface area contributed by atoms with Crippen LogP contribution in [0.4, 0.5) is 0 Å². The topological polar surface area (TPSA) is 81.6 Å². The number of benzene rings is 3. The van der Waals surface area contributed by atoms with Crippen molar-refractivity contribution < 1.29 is 9.47 Å². The van der Waals surface area contributed by atoms with E-state index in [0.29, 0.717) is 24.7 Å². The zero-order valence-corrected chi connectivity index (χ0v) is 14.7. The zero-order chi connectivity index (χ0) is 18.7. The van der Waals surface area contributed by atoms with Crippen LogP contribution in [0.3, 0.4) is 0 Å². The molecule has 6 nitrogen and oxygen atoms in total. The fourth-order valence-electron chi connectivity index (χ4n) is 2.43. The molecule has 27 heavy (non-hydrogen) atoms. The molecule has 0 amide bonds. The number of hydrogen-bond acceptors (Lipinski definition) is 4. The van der Waals surface area contributed by atoms with Crippen molar-refractivity contribution in [3.63, 3.8) is 0 Å². The van der Waals surface area contributed by atoms with Crippen molar-refractivity contribution in [2.45, 2.75) is 13.2 Å². The third-order valence-corrected chi connectivity index (χ3v) is 3.75. The molecule has 0 aromatic heterocycles. The number of hydrogen-bond donors (Lipinski definition) is 1. The molecule has 0 radical (unpaired) electrons. The zero-order valence-electron chi connectivity index (χ0n) is 14.7. The fourth-order valence-corrected chi connectivity index (χ4v) is 2.43. The lowest BCUT2D eigenvalue weighted by molar-refractivity contribution is 0.256. The Kier molecular flexibility index (Phi) is 6.53. The minimum Gasteiger partial charge on any atom is -0.485 e. The average Bonchev–Trinajstić information content (AvgIpc) is 2.73. The SMILES string of the molecule is NN=NN=Cc1ccc(OCc2ccccc2)c(OCc2ccccc2)c1. The highest BCUT2D eigenvalue weighted by molar-refractivity contribution is 5.80. The molecule has 2 N–H and O–H groups in total. The number of nitrogens with zero attached hydrogens (tertiary/aromatic N) is 3. The summed E-state index contributed by atoms with van der Waals surface area (Å²) in [5, 5.41) is 10.2. The van der Waals surface area contributed by atoms with Gasteiger partial charge in [0.2, 0.25) is 0 Å². The van der Waals surface area contributed by atoms with Crippen molar-refractivity contribution in [2.75, 3.05) is 0 Å². The van der Waals surface area contributed by atoms with E-state index in [0.717, 1.165) is 16.7 Å². The van der Waals surface area contributed by atoms with Gasteiger partial charge in [-0.25, -0.2) is 0 Å². The van der Waals surface area contributed by atoms with Gasteiger partial charge in [-0.05, 0) is 40.1 Å². The van der Waals surface area contributed by atoms with Gasteiger partial charge in [0.05, 0.1) is 6.21 Å². The molecule has 136 valence electrons. The quantitative estimate of drug-likeness (QED) is 0.278. The maximum atomic E-state index is 5.99. The molecule has 0 unspecified atom stereocenters. The number of nitrogens with two attached hydrogens (primary N) is 1. The minimum absolute atomic E-state index is 0.436. The molecule has 0 heterocycles. The lowest BCUT2D eigenvalue weighted by Crippen LogP contribution is -2.01. The Morgan fingerprint density at radius 1 is 0.741 bits per heavy atom. The first-order valence-corrected chi connectivity index (χ1v) is 8.46. The third-order valence-electron chi connectivity index (χ3n) is 3.75. The lowest BCUT2D eigenvalue weighted by Gasteiger charge is -2.14. The standard InChI is InChI=1S/C21H20N4O2/c22-24-25-23-14-19-11-12-20(26-15-17-7-3-1-4-8-17)21(13-19)27-16-18-9-5-2-6-10-18/h1-14H,15-16H2,(H2,22,25). The molecule has 0 spiro atoms. The van der Waals surface area contributed by atoms with E-state index in [1.807, 2.05) is 78.9 Å². The Labute approximate surface area is 157 Å². The van der Waals surface area contributed by atoms with Crippen LogP contribution in [0.2, 0.25) is 0 Å². The molecule has 0 aliphatic heterocycles. The van der Waals surface area contributed by atoms with E-state index in [9.17, 15) is 0 Å². The molecule has 0 aliphatic carbocycles. The second-order valence-corrected chi connectivity index (χ2v) is 5.70. The predicted octanol–water partition coefficient (Wildman–Crippen LogP) is 4.50. The molecule has 0 fully saturated rings. The second kappa shape index (κ2) is 9.72. The van der Waals surface area contributed by atoms with E-state index in [1.54, 1.807) is 6.21 Å². The summed E-state index contributed by atoms with van der Waals surface area (Å²) in [4.78, 5) is 0. The van der Waals surface area contributed by atoms with Gasteiger partial charge >= 0.3 is 0 Å². The van der Waals surface area contributed by atoms with Gasteiger partial charge in [-0.3, -0.25) is 0 Å². The molecular formula is C21H20N4O2. The predicted molar refractivity (Wildman–Crippen MR) is 105 cm³/mol. The molecule has 3 rings (SSSR count). The van der Waals surface area contributed by atoms with Gasteiger partial charge in [0.25, 0.3) is 0 Å². The minimum atomic E-state index is 0.436. The van der Waals surface area contributed by atoms with E-state index in [4.69, 9.17) is 15.3 Å². The monoisotopic (exact) mass is 360 g/mol. The summed E-state index contributed by atoms with van der Waals surface area (Å²) in [6, 6.07) is 25.5. The highest BCUT2D eigenvalue weighted by Crippen LogP contribution is 2.29. The van der Waals surface area contributed by atoms with Gasteiger partial charge in [0.1, 0.15) is 13.2 Å². The van der Waals surface area contributed by atoms with Crippen molar-refractivity contribution in [3.05, 3.63) is 95.6 Å². The van der Waals surface area contributed by atoms with Crippen LogP contribution >= 0.6 is 0 Å². The smallest absolute Gasteiger partial charge is 0.162 e. The van der Waals surface area contributed by atoms with Crippen LogP contribution in [-0.2, 0) is 13.2 Å². The summed E-state index contributed by atoms with van der Waals surface area (Å²) < 4.78 is 12.0. The van der Waals surface area contributed by atoms with Gasteiger partial charge in [-0.2, -0.15) is 0 Å². The highest BCUT2D eigenvalue weighted by Gasteiger charge is 2.08. The summed E-state index contributed by atoms with van der Waals surface area (Å²) in [6.07, 6.45) is 1.55. The van der Waals surface area contributed by atoms with Gasteiger partial charge in [-0.1, -0.05) is 65.9 Å². The molecule has 3 aromatic rings. The van der Waals surface area contributed by atoms with E-state index >= 15 is 0 Å². The van der Waals surface area contributed by atoms with E-state index in [1.165, 1.54) is 0 Å². The van der Waals surface area contributed by atoms with Crippen LogP contribution in [-0.4, -0.2) is 6.21 Å². The average molecular weight is 360 g/mol. The molecule has 0 saturated carbocycles. The first-order chi connectivity index (χ1) is 13.3. The van der Waals surface area contributed by atoms with Crippen LogP contribution < -0.4 is 15.3 Å². The Morgan fingerprint density at radius 3 is 1.93 bits per heavy atom. The Bertz CT molecular complexity index is 897. The summed E-state index contributed by atoms with van der Waals surface area (Å²) in [6.45, 7) is 0.892. The molecule has 0 atom stereocenters. The van der Waals surface area contributed by atoms with Gasteiger partial charge in [0.15, 0.2) is 11.5 Å². The maximum absolute atomic E-state index is 5.99. The van der Waals surface area contributed by atoms with Crippen LogP contribution in [0.1, 0.15) is 16.7 Å². The fraction of sp³-hybridized carbons (Fsp3) is 0.0952. The van der Waals surface area contributed by atoms with Crippen molar-refractivity contribution in [3.8, 4) is 11.5 Å². The Morgan fingerprint density at radius 2 is 1.33 bits per heavy atom. The molecule has 0 aliphatic rings. The van der Waals surface area contributed by atoms with Gasteiger partial charge in [0, 0.05) is 0 Å².